The molecule has 8 bridgehead atoms. The first-order valence-corrected chi connectivity index (χ1v) is 17.3. The molecule has 3 aromatic rings. The molecule has 0 spiro atoms. The molecule has 0 amide bonds. The number of benzene rings is 1. The predicted molar refractivity (Wildman–Crippen MR) is 160 cm³/mol. The van der Waals surface area contributed by atoms with Gasteiger partial charge in [-0.2, -0.15) is 4.98 Å². The minimum Gasteiger partial charge on any atom is -0.477 e. The van der Waals surface area contributed by atoms with Crippen molar-refractivity contribution in [1.29, 1.82) is 0 Å². The van der Waals surface area contributed by atoms with E-state index in [4.69, 9.17) is 9.72 Å². The van der Waals surface area contributed by atoms with Crippen LogP contribution in [0.2, 0.25) is 0 Å². The van der Waals surface area contributed by atoms with Crippen molar-refractivity contribution in [3.63, 3.8) is 0 Å². The van der Waals surface area contributed by atoms with Crippen molar-refractivity contribution in [2.45, 2.75) is 89.0 Å². The maximum atomic E-state index is 15.7. The van der Waals surface area contributed by atoms with E-state index in [1.165, 1.54) is 24.5 Å². The molecule has 43 heavy (non-hydrogen) atoms. The van der Waals surface area contributed by atoms with Crippen molar-refractivity contribution < 1.29 is 26.3 Å². The number of rotatable bonds is 1. The van der Waals surface area contributed by atoms with Gasteiger partial charge in [-0.25, -0.2) is 31.6 Å². The smallest absolute Gasteiger partial charge is 0.276 e. The van der Waals surface area contributed by atoms with Crippen LogP contribution in [0.5, 0.6) is 5.88 Å². The first-order chi connectivity index (χ1) is 20.6. The third-order valence-electron chi connectivity index (χ3n) is 9.55. The highest BCUT2D eigenvalue weighted by Crippen LogP contribution is 2.45. The van der Waals surface area contributed by atoms with Crippen LogP contribution in [0.25, 0.3) is 11.0 Å². The molecule has 7 nitrogen and oxygen atoms in total. The van der Waals surface area contributed by atoms with E-state index >= 15 is 13.2 Å². The largest absolute Gasteiger partial charge is 0.477 e. The molecule has 11 heteroatoms. The average molecular weight is 617 g/mol. The van der Waals surface area contributed by atoms with Gasteiger partial charge in [-0.15, -0.1) is 0 Å². The number of nitrogens with one attached hydrogen (secondary N) is 1. The first kappa shape index (κ1) is 30.1. The van der Waals surface area contributed by atoms with E-state index in [2.05, 4.69) is 15.3 Å². The minimum atomic E-state index is -3.26. The Labute approximate surface area is 251 Å². The normalized spacial score (nSPS) is 26.5. The van der Waals surface area contributed by atoms with Gasteiger partial charge in [0.1, 0.15) is 27.8 Å². The van der Waals surface area contributed by atoms with Crippen molar-refractivity contribution in [1.82, 2.24) is 15.0 Å². The number of hydrogen-bond acceptors (Lipinski definition) is 7. The third kappa shape index (κ3) is 6.61. The Morgan fingerprint density at radius 3 is 2.53 bits per heavy atom. The van der Waals surface area contributed by atoms with E-state index in [0.29, 0.717) is 54.5 Å². The standard InChI is InChI=1S/C32H39F3N4O3S/c1-20-24-7-5-8-27(28(24)33)32(34,35)12-9-22-16-21(17-22)6-3-2-4-13-42-31-25(23-10-14-43(40,41)15-11-23)18-26-29(38-20)36-19-37-30(26)39-31/h5,7-8,18-23H,2-4,6,9-17H2,1H3,(H,36,37,38,39)/t20-,21?,22?/m1/s1. The van der Waals surface area contributed by atoms with Gasteiger partial charge in [0.25, 0.3) is 5.92 Å². The molecule has 0 radical (unpaired) electrons. The van der Waals surface area contributed by atoms with Gasteiger partial charge < -0.3 is 10.1 Å². The number of ether oxygens (including phenoxy) is 1. The number of nitrogens with zero attached hydrogens (tertiary/aromatic N) is 3. The van der Waals surface area contributed by atoms with Crippen LogP contribution in [0.1, 0.15) is 99.8 Å². The SMILES string of the molecule is C[C@H]1Nc2ncnc3nc(c(C4CCS(=O)(=O)CC4)cc23)OCCCCCC2CC(CCC(F)(F)c3cccc1c3F)C2. The average Bonchev–Trinajstić information content (AvgIpc) is 2.94. The van der Waals surface area contributed by atoms with E-state index in [9.17, 15) is 8.42 Å². The number of alkyl halides is 2. The Balaban J connectivity index is 1.36. The van der Waals surface area contributed by atoms with Crippen molar-refractivity contribution in [2.24, 2.45) is 11.8 Å². The zero-order valence-electron chi connectivity index (χ0n) is 24.5. The van der Waals surface area contributed by atoms with Crippen LogP contribution in [0.15, 0.2) is 30.6 Å². The highest BCUT2D eigenvalue weighted by atomic mass is 32.2. The van der Waals surface area contributed by atoms with Gasteiger partial charge in [-0.05, 0) is 69.3 Å². The van der Waals surface area contributed by atoms with Gasteiger partial charge >= 0.3 is 0 Å². The molecule has 1 saturated carbocycles. The molecule has 2 fully saturated rings. The predicted octanol–water partition coefficient (Wildman–Crippen LogP) is 7.48. The minimum absolute atomic E-state index is 0.0608. The molecular weight excluding hydrogens is 577 g/mol. The lowest BCUT2D eigenvalue weighted by Crippen LogP contribution is -2.26. The molecule has 2 aromatic heterocycles. The second-order valence-corrected chi connectivity index (χ2v) is 14.9. The number of pyridine rings is 1. The van der Waals surface area contributed by atoms with Crippen molar-refractivity contribution in [2.75, 3.05) is 23.4 Å². The lowest BCUT2D eigenvalue weighted by molar-refractivity contribution is -0.0288. The van der Waals surface area contributed by atoms with Crippen LogP contribution < -0.4 is 10.1 Å². The Morgan fingerprint density at radius 2 is 1.74 bits per heavy atom. The van der Waals surface area contributed by atoms with Gasteiger partial charge in [0.2, 0.25) is 5.88 Å². The second kappa shape index (κ2) is 12.2. The third-order valence-corrected chi connectivity index (χ3v) is 11.3. The van der Waals surface area contributed by atoms with E-state index in [-0.39, 0.29) is 35.3 Å². The van der Waals surface area contributed by atoms with Gasteiger partial charge in [0.05, 0.1) is 35.1 Å². The number of anilines is 1. The number of hydrogen-bond donors (Lipinski definition) is 1. The summed E-state index contributed by atoms with van der Waals surface area (Å²) in [6, 6.07) is 5.41. The molecule has 5 aliphatic heterocycles. The molecule has 1 atom stereocenters. The van der Waals surface area contributed by atoms with Crippen LogP contribution in [-0.2, 0) is 15.8 Å². The quantitative estimate of drug-likeness (QED) is 0.303. The molecule has 232 valence electrons. The van der Waals surface area contributed by atoms with E-state index in [0.717, 1.165) is 44.1 Å². The summed E-state index contributed by atoms with van der Waals surface area (Å²) in [4.78, 5) is 13.5. The van der Waals surface area contributed by atoms with Crippen LogP contribution >= 0.6 is 0 Å². The molecule has 1 aromatic carbocycles. The van der Waals surface area contributed by atoms with Crippen LogP contribution in [0.4, 0.5) is 19.0 Å². The highest BCUT2D eigenvalue weighted by molar-refractivity contribution is 7.91. The Hall–Kier alpha value is -2.95. The van der Waals surface area contributed by atoms with Crippen molar-refractivity contribution >= 4 is 26.7 Å². The van der Waals surface area contributed by atoms with E-state index < -0.39 is 33.2 Å². The van der Waals surface area contributed by atoms with Crippen LogP contribution in [0.3, 0.4) is 0 Å². The summed E-state index contributed by atoms with van der Waals surface area (Å²) in [5, 5.41) is 3.78. The van der Waals surface area contributed by atoms with Crippen LogP contribution in [-0.4, -0.2) is 41.5 Å². The summed E-state index contributed by atoms with van der Waals surface area (Å²) in [7, 11) is -3.07. The molecule has 6 aliphatic rings. The van der Waals surface area contributed by atoms with Gasteiger partial charge in [0, 0.05) is 17.5 Å². The summed E-state index contributed by atoms with van der Waals surface area (Å²) in [6.45, 7) is 2.20. The summed E-state index contributed by atoms with van der Waals surface area (Å²) in [5.41, 5.74) is 0.750. The first-order valence-electron chi connectivity index (χ1n) is 15.5. The Bertz CT molecular complexity index is 1570. The van der Waals surface area contributed by atoms with Crippen molar-refractivity contribution in [3.8, 4) is 5.88 Å². The molecule has 9 rings (SSSR count). The molecule has 1 N–H and O–H groups in total. The number of aromatic nitrogens is 3. The lowest BCUT2D eigenvalue weighted by Gasteiger charge is -2.36. The molecule has 1 aliphatic carbocycles. The van der Waals surface area contributed by atoms with Gasteiger partial charge in [0.15, 0.2) is 5.65 Å². The zero-order valence-corrected chi connectivity index (χ0v) is 25.3. The molecular formula is C32H39F3N4O3S. The van der Waals surface area contributed by atoms with Crippen LogP contribution in [0, 0.1) is 17.7 Å². The van der Waals surface area contributed by atoms with Gasteiger partial charge in [-0.3, -0.25) is 0 Å². The maximum absolute atomic E-state index is 15.7. The molecule has 1 saturated heterocycles. The summed E-state index contributed by atoms with van der Waals surface area (Å²) < 4.78 is 76.9. The van der Waals surface area contributed by atoms with Gasteiger partial charge in [-0.1, -0.05) is 37.5 Å². The Kier molecular flexibility index (Phi) is 8.54. The Morgan fingerprint density at radius 1 is 0.977 bits per heavy atom. The zero-order chi connectivity index (χ0) is 30.2. The fourth-order valence-corrected chi connectivity index (χ4v) is 8.40. The molecule has 0 unspecified atom stereocenters. The fraction of sp³-hybridized carbons (Fsp3) is 0.594. The maximum Gasteiger partial charge on any atom is 0.276 e. The van der Waals surface area contributed by atoms with Crippen molar-refractivity contribution in [3.05, 3.63) is 53.1 Å². The summed E-state index contributed by atoms with van der Waals surface area (Å²) >= 11 is 0. The second-order valence-electron chi connectivity index (χ2n) is 12.6. The fourth-order valence-electron chi connectivity index (χ4n) is 6.91. The number of halogens is 3. The van der Waals surface area contributed by atoms with E-state index in [1.807, 2.05) is 6.07 Å². The lowest BCUT2D eigenvalue weighted by atomic mass is 9.70. The van der Waals surface area contributed by atoms with E-state index in [1.54, 1.807) is 6.92 Å². The number of sulfone groups is 1. The topological polar surface area (TPSA) is 94.1 Å². The highest BCUT2D eigenvalue weighted by Gasteiger charge is 2.38. The summed E-state index contributed by atoms with van der Waals surface area (Å²) in [5.74, 6) is -2.34. The monoisotopic (exact) mass is 616 g/mol. The molecule has 7 heterocycles. The summed E-state index contributed by atoms with van der Waals surface area (Å²) in [6.07, 6.45) is 8.21.